The summed E-state index contributed by atoms with van der Waals surface area (Å²) in [7, 11) is 0. The molecule has 3 nitrogen and oxygen atoms in total. The molecule has 0 spiro atoms. The Balaban J connectivity index is 0.00000289. The van der Waals surface area contributed by atoms with Crippen LogP contribution in [0.25, 0.3) is 0 Å². The number of carbonyl (C=O) groups excluding carboxylic acids is 1. The molecule has 18 heavy (non-hydrogen) atoms. The molecular weight excluding hydrogens is 271 g/mol. The lowest BCUT2D eigenvalue weighted by atomic mass is 9.84. The van der Waals surface area contributed by atoms with Gasteiger partial charge < -0.3 is 11.1 Å². The van der Waals surface area contributed by atoms with Crippen molar-refractivity contribution in [2.45, 2.75) is 32.2 Å². The van der Waals surface area contributed by atoms with Crippen LogP contribution in [-0.2, 0) is 10.3 Å². The highest BCUT2D eigenvalue weighted by Crippen LogP contribution is 2.29. The fourth-order valence-electron chi connectivity index (χ4n) is 1.99. The van der Waals surface area contributed by atoms with Gasteiger partial charge in [-0.1, -0.05) is 37.6 Å². The summed E-state index contributed by atoms with van der Waals surface area (Å²) in [4.78, 5) is 11.5. The number of carbonyl (C=O) groups is 1. The number of hydrogen-bond donors (Lipinski definition) is 2. The molecule has 1 aromatic carbocycles. The summed E-state index contributed by atoms with van der Waals surface area (Å²) >= 11 is 5.87. The van der Waals surface area contributed by atoms with Crippen LogP contribution in [0.2, 0.25) is 5.02 Å². The largest absolute Gasteiger partial charge is 0.346 e. The van der Waals surface area contributed by atoms with Gasteiger partial charge in [-0.05, 0) is 30.5 Å². The average molecular weight is 291 g/mol. The third-order valence-electron chi connectivity index (χ3n) is 3.17. The molecule has 5 heteroatoms. The van der Waals surface area contributed by atoms with E-state index in [0.717, 1.165) is 18.4 Å². The minimum atomic E-state index is -0.346. The van der Waals surface area contributed by atoms with Crippen LogP contribution in [0, 0.1) is 0 Å². The van der Waals surface area contributed by atoms with Crippen LogP contribution in [0.15, 0.2) is 24.3 Å². The molecule has 0 fully saturated rings. The molecule has 0 aliphatic carbocycles. The fraction of sp³-hybridized carbons (Fsp3) is 0.462. The van der Waals surface area contributed by atoms with Gasteiger partial charge >= 0.3 is 0 Å². The summed E-state index contributed by atoms with van der Waals surface area (Å²) in [5, 5.41) is 3.70. The van der Waals surface area contributed by atoms with Crippen LogP contribution in [0.3, 0.4) is 0 Å². The van der Waals surface area contributed by atoms with Crippen molar-refractivity contribution in [1.82, 2.24) is 5.32 Å². The molecule has 0 radical (unpaired) electrons. The zero-order chi connectivity index (χ0) is 12.9. The molecule has 102 valence electrons. The van der Waals surface area contributed by atoms with E-state index in [1.54, 1.807) is 0 Å². The van der Waals surface area contributed by atoms with Crippen molar-refractivity contribution in [3.05, 3.63) is 34.9 Å². The standard InChI is InChI=1S/C13H19ClN2O.ClH/c1-3-13(4-2,16-12(17)9-15)10-5-7-11(14)8-6-10;/h5-8H,3-4,9,15H2,1-2H3,(H,16,17);1H. The van der Waals surface area contributed by atoms with Crippen LogP contribution in [0.5, 0.6) is 0 Å². The number of amides is 1. The maximum atomic E-state index is 11.5. The van der Waals surface area contributed by atoms with Crippen LogP contribution in [0.1, 0.15) is 32.3 Å². The van der Waals surface area contributed by atoms with Gasteiger partial charge in [0.2, 0.25) is 5.91 Å². The van der Waals surface area contributed by atoms with Crippen LogP contribution in [-0.4, -0.2) is 12.5 Å². The van der Waals surface area contributed by atoms with Gasteiger partial charge in [-0.3, -0.25) is 4.79 Å². The number of nitrogens with two attached hydrogens (primary N) is 1. The van der Waals surface area contributed by atoms with E-state index >= 15 is 0 Å². The molecule has 0 atom stereocenters. The Kier molecular flexibility index (Phi) is 7.29. The Morgan fingerprint density at radius 1 is 1.28 bits per heavy atom. The number of benzene rings is 1. The van der Waals surface area contributed by atoms with Crippen molar-refractivity contribution in [1.29, 1.82) is 0 Å². The van der Waals surface area contributed by atoms with Crippen molar-refractivity contribution >= 4 is 29.9 Å². The maximum Gasteiger partial charge on any atom is 0.234 e. The third kappa shape index (κ3) is 3.87. The van der Waals surface area contributed by atoms with Crippen molar-refractivity contribution in [3.8, 4) is 0 Å². The molecule has 0 aliphatic heterocycles. The van der Waals surface area contributed by atoms with Gasteiger partial charge in [0, 0.05) is 5.02 Å². The Morgan fingerprint density at radius 3 is 2.17 bits per heavy atom. The van der Waals surface area contributed by atoms with Gasteiger partial charge in [-0.2, -0.15) is 0 Å². The zero-order valence-corrected chi connectivity index (χ0v) is 12.3. The SMILES string of the molecule is CCC(CC)(NC(=O)CN)c1ccc(Cl)cc1.Cl. The molecule has 0 heterocycles. The monoisotopic (exact) mass is 290 g/mol. The van der Waals surface area contributed by atoms with E-state index < -0.39 is 0 Å². The van der Waals surface area contributed by atoms with Crippen molar-refractivity contribution in [3.63, 3.8) is 0 Å². The first-order valence-corrected chi connectivity index (χ1v) is 6.23. The van der Waals surface area contributed by atoms with E-state index in [0.29, 0.717) is 5.02 Å². The first-order chi connectivity index (χ1) is 8.07. The van der Waals surface area contributed by atoms with Gasteiger partial charge in [-0.25, -0.2) is 0 Å². The summed E-state index contributed by atoms with van der Waals surface area (Å²) in [6.07, 6.45) is 1.63. The second-order valence-corrected chi connectivity index (χ2v) is 4.48. The van der Waals surface area contributed by atoms with E-state index in [-0.39, 0.29) is 30.4 Å². The van der Waals surface area contributed by atoms with E-state index in [9.17, 15) is 4.79 Å². The summed E-state index contributed by atoms with van der Waals surface area (Å²) in [5.41, 5.74) is 6.08. The number of halogens is 2. The molecule has 0 saturated carbocycles. The van der Waals surface area contributed by atoms with Gasteiger partial charge in [0.1, 0.15) is 0 Å². The summed E-state index contributed by atoms with van der Waals surface area (Å²) in [6, 6.07) is 7.58. The molecule has 0 aliphatic rings. The van der Waals surface area contributed by atoms with Gasteiger partial charge in [0.25, 0.3) is 0 Å². The maximum absolute atomic E-state index is 11.5. The summed E-state index contributed by atoms with van der Waals surface area (Å²) in [5.74, 6) is -0.136. The highest BCUT2D eigenvalue weighted by molar-refractivity contribution is 6.30. The van der Waals surface area contributed by atoms with E-state index in [1.807, 2.05) is 24.3 Å². The van der Waals surface area contributed by atoms with Crippen LogP contribution < -0.4 is 11.1 Å². The van der Waals surface area contributed by atoms with Gasteiger partial charge in [-0.15, -0.1) is 12.4 Å². The van der Waals surface area contributed by atoms with E-state index in [2.05, 4.69) is 19.2 Å². The molecule has 1 rings (SSSR count). The number of rotatable bonds is 5. The molecule has 0 aromatic heterocycles. The predicted octanol–water partition coefficient (Wildman–Crippen LogP) is 2.85. The normalized spacial score (nSPS) is 10.7. The molecular formula is C13H20Cl2N2O. The number of hydrogen-bond acceptors (Lipinski definition) is 2. The van der Waals surface area contributed by atoms with Gasteiger partial charge in [0.15, 0.2) is 0 Å². The van der Waals surface area contributed by atoms with Gasteiger partial charge in [0.05, 0.1) is 12.1 Å². The molecule has 0 unspecified atom stereocenters. The smallest absolute Gasteiger partial charge is 0.234 e. The lowest BCUT2D eigenvalue weighted by molar-refractivity contribution is -0.121. The Bertz CT molecular complexity index is 375. The molecule has 3 N–H and O–H groups in total. The Hall–Kier alpha value is -0.770. The Labute approximate surface area is 119 Å². The molecule has 0 saturated heterocycles. The summed E-state index contributed by atoms with van der Waals surface area (Å²) < 4.78 is 0. The topological polar surface area (TPSA) is 55.1 Å². The molecule has 0 bridgehead atoms. The third-order valence-corrected chi connectivity index (χ3v) is 3.42. The number of nitrogens with one attached hydrogen (secondary N) is 1. The van der Waals surface area contributed by atoms with E-state index in [1.165, 1.54) is 0 Å². The first kappa shape index (κ1) is 17.2. The predicted molar refractivity (Wildman–Crippen MR) is 78.2 cm³/mol. The van der Waals surface area contributed by atoms with Crippen LogP contribution in [0.4, 0.5) is 0 Å². The second kappa shape index (κ2) is 7.62. The lowest BCUT2D eigenvalue weighted by Gasteiger charge is -2.33. The second-order valence-electron chi connectivity index (χ2n) is 4.05. The van der Waals surface area contributed by atoms with E-state index in [4.69, 9.17) is 17.3 Å². The minimum Gasteiger partial charge on any atom is -0.346 e. The first-order valence-electron chi connectivity index (χ1n) is 5.85. The lowest BCUT2D eigenvalue weighted by Crippen LogP contribution is -2.47. The summed E-state index contributed by atoms with van der Waals surface area (Å²) in [6.45, 7) is 4.11. The minimum absolute atomic E-state index is 0. The highest BCUT2D eigenvalue weighted by Gasteiger charge is 2.29. The molecule has 1 aromatic rings. The molecule has 1 amide bonds. The van der Waals surface area contributed by atoms with Crippen molar-refractivity contribution in [2.75, 3.05) is 6.54 Å². The zero-order valence-electron chi connectivity index (χ0n) is 10.7. The Morgan fingerprint density at radius 2 is 1.78 bits per heavy atom. The average Bonchev–Trinajstić information content (AvgIpc) is 2.37. The van der Waals surface area contributed by atoms with Crippen molar-refractivity contribution in [2.24, 2.45) is 5.73 Å². The quantitative estimate of drug-likeness (QED) is 0.876. The fourth-order valence-corrected chi connectivity index (χ4v) is 2.12. The van der Waals surface area contributed by atoms with Crippen LogP contribution >= 0.6 is 24.0 Å². The van der Waals surface area contributed by atoms with Crippen molar-refractivity contribution < 1.29 is 4.79 Å². The highest BCUT2D eigenvalue weighted by atomic mass is 35.5.